The molecule has 1 aliphatic rings. The van der Waals surface area contributed by atoms with Crippen molar-refractivity contribution in [1.82, 2.24) is 0 Å². The van der Waals surface area contributed by atoms with Gasteiger partial charge in [0.15, 0.2) is 0 Å². The van der Waals surface area contributed by atoms with E-state index in [0.29, 0.717) is 12.3 Å². The number of ether oxygens (including phenoxy) is 1. The van der Waals surface area contributed by atoms with Crippen molar-refractivity contribution in [2.75, 3.05) is 6.61 Å². The molecular weight excluding hydrogens is 246 g/mol. The van der Waals surface area contributed by atoms with E-state index < -0.39 is 23.7 Å². The molecule has 4 N–H and O–H groups in total. The van der Waals surface area contributed by atoms with Crippen molar-refractivity contribution in [2.45, 2.75) is 64.2 Å². The van der Waals surface area contributed by atoms with Gasteiger partial charge in [0.1, 0.15) is 11.6 Å². The zero-order valence-electron chi connectivity index (χ0n) is 12.1. The van der Waals surface area contributed by atoms with Gasteiger partial charge >= 0.3 is 5.97 Å². The SMILES string of the molecule is CC1CCCC(C)C(CO)(OC(=O)[C@@H](N)[C@@H](C)O)C1. The summed E-state index contributed by atoms with van der Waals surface area (Å²) in [6.07, 6.45) is 2.75. The van der Waals surface area contributed by atoms with Crippen LogP contribution >= 0.6 is 0 Å². The van der Waals surface area contributed by atoms with E-state index in [1.807, 2.05) is 6.92 Å². The van der Waals surface area contributed by atoms with Crippen LogP contribution in [0.15, 0.2) is 0 Å². The Morgan fingerprint density at radius 1 is 1.47 bits per heavy atom. The van der Waals surface area contributed by atoms with Gasteiger partial charge in [0.2, 0.25) is 0 Å². The first kappa shape index (κ1) is 16.4. The number of carbonyl (C=O) groups excluding carboxylic acids is 1. The summed E-state index contributed by atoms with van der Waals surface area (Å²) in [5.74, 6) is -0.148. The Morgan fingerprint density at radius 3 is 2.63 bits per heavy atom. The standard InChI is InChI=1S/C14H27NO4/c1-9-5-4-6-10(2)14(7-9,8-16)19-13(18)12(15)11(3)17/h9-12,16-17H,4-8,15H2,1-3H3/t9?,10?,11-,12+,14?/m1/s1. The number of esters is 1. The summed E-state index contributed by atoms with van der Waals surface area (Å²) in [6.45, 7) is 5.35. The Labute approximate surface area is 115 Å². The van der Waals surface area contributed by atoms with Gasteiger partial charge in [0.05, 0.1) is 12.7 Å². The second kappa shape index (κ2) is 6.68. The Balaban J connectivity index is 2.85. The lowest BCUT2D eigenvalue weighted by Gasteiger charge is -2.38. The van der Waals surface area contributed by atoms with E-state index in [-0.39, 0.29) is 12.5 Å². The molecule has 3 unspecified atom stereocenters. The third-order valence-electron chi connectivity index (χ3n) is 4.29. The van der Waals surface area contributed by atoms with Crippen LogP contribution in [-0.4, -0.2) is 40.5 Å². The van der Waals surface area contributed by atoms with Crippen LogP contribution in [0.2, 0.25) is 0 Å². The Kier molecular flexibility index (Phi) is 5.77. The normalized spacial score (nSPS) is 35.3. The molecule has 0 bridgehead atoms. The topological polar surface area (TPSA) is 92.8 Å². The van der Waals surface area contributed by atoms with Crippen LogP contribution in [0.1, 0.15) is 46.5 Å². The number of aliphatic hydroxyl groups excluding tert-OH is 2. The van der Waals surface area contributed by atoms with Gasteiger partial charge in [0.25, 0.3) is 0 Å². The fraction of sp³-hybridized carbons (Fsp3) is 0.929. The fourth-order valence-electron chi connectivity index (χ4n) is 2.79. The number of carbonyl (C=O) groups is 1. The molecule has 1 fully saturated rings. The van der Waals surface area contributed by atoms with Gasteiger partial charge < -0.3 is 20.7 Å². The van der Waals surface area contributed by atoms with Crippen LogP contribution in [0.5, 0.6) is 0 Å². The molecule has 0 aliphatic heterocycles. The lowest BCUT2D eigenvalue weighted by molar-refractivity contribution is -0.178. The molecule has 5 atom stereocenters. The third-order valence-corrected chi connectivity index (χ3v) is 4.29. The van der Waals surface area contributed by atoms with Gasteiger partial charge in [-0.2, -0.15) is 0 Å². The van der Waals surface area contributed by atoms with Gasteiger partial charge in [0, 0.05) is 0 Å². The summed E-state index contributed by atoms with van der Waals surface area (Å²) >= 11 is 0. The van der Waals surface area contributed by atoms with E-state index >= 15 is 0 Å². The van der Waals surface area contributed by atoms with Gasteiger partial charge in [-0.05, 0) is 31.6 Å². The maximum atomic E-state index is 12.0. The van der Waals surface area contributed by atoms with E-state index in [4.69, 9.17) is 10.5 Å². The van der Waals surface area contributed by atoms with Crippen molar-refractivity contribution in [1.29, 1.82) is 0 Å². The molecule has 0 radical (unpaired) electrons. The fourth-order valence-corrected chi connectivity index (χ4v) is 2.79. The Hall–Kier alpha value is -0.650. The average Bonchev–Trinajstić information content (AvgIpc) is 2.48. The van der Waals surface area contributed by atoms with Crippen molar-refractivity contribution >= 4 is 5.97 Å². The Morgan fingerprint density at radius 2 is 2.11 bits per heavy atom. The number of nitrogens with two attached hydrogens (primary N) is 1. The molecule has 0 heterocycles. The number of aliphatic hydroxyl groups is 2. The number of hydrogen-bond donors (Lipinski definition) is 3. The highest BCUT2D eigenvalue weighted by molar-refractivity contribution is 5.76. The van der Waals surface area contributed by atoms with Crippen LogP contribution in [0.4, 0.5) is 0 Å². The molecule has 1 aliphatic carbocycles. The second-order valence-corrected chi connectivity index (χ2v) is 6.05. The van der Waals surface area contributed by atoms with Crippen LogP contribution in [0, 0.1) is 11.8 Å². The molecule has 19 heavy (non-hydrogen) atoms. The molecule has 0 aromatic carbocycles. The molecule has 0 aromatic rings. The molecule has 0 saturated heterocycles. The highest BCUT2D eigenvalue weighted by atomic mass is 16.6. The van der Waals surface area contributed by atoms with E-state index in [9.17, 15) is 15.0 Å². The zero-order valence-corrected chi connectivity index (χ0v) is 12.1. The first-order valence-electron chi connectivity index (χ1n) is 7.09. The lowest BCUT2D eigenvalue weighted by atomic mass is 9.82. The average molecular weight is 273 g/mol. The van der Waals surface area contributed by atoms with Crippen molar-refractivity contribution in [2.24, 2.45) is 17.6 Å². The van der Waals surface area contributed by atoms with Crippen LogP contribution in [-0.2, 0) is 9.53 Å². The third kappa shape index (κ3) is 3.91. The number of rotatable bonds is 4. The van der Waals surface area contributed by atoms with E-state index in [0.717, 1.165) is 19.3 Å². The summed E-state index contributed by atoms with van der Waals surface area (Å²) in [5.41, 5.74) is 4.74. The second-order valence-electron chi connectivity index (χ2n) is 6.05. The zero-order chi connectivity index (χ0) is 14.6. The van der Waals surface area contributed by atoms with Crippen LogP contribution in [0.3, 0.4) is 0 Å². The first-order chi connectivity index (χ1) is 8.82. The Bertz CT molecular complexity index is 308. The molecular formula is C14H27NO4. The van der Waals surface area contributed by atoms with E-state index in [1.54, 1.807) is 0 Å². The minimum atomic E-state index is -1.06. The van der Waals surface area contributed by atoms with Gasteiger partial charge in [-0.1, -0.05) is 26.7 Å². The monoisotopic (exact) mass is 273 g/mol. The maximum absolute atomic E-state index is 12.0. The van der Waals surface area contributed by atoms with Crippen molar-refractivity contribution in [3.63, 3.8) is 0 Å². The minimum Gasteiger partial charge on any atom is -0.455 e. The summed E-state index contributed by atoms with van der Waals surface area (Å²) in [5, 5.41) is 19.1. The minimum absolute atomic E-state index is 0.0904. The van der Waals surface area contributed by atoms with Crippen LogP contribution in [0.25, 0.3) is 0 Å². The first-order valence-corrected chi connectivity index (χ1v) is 7.09. The molecule has 0 aromatic heterocycles. The summed E-state index contributed by atoms with van der Waals surface area (Å²) in [6, 6.07) is -1.06. The predicted molar refractivity (Wildman–Crippen MR) is 72.4 cm³/mol. The lowest BCUT2D eigenvalue weighted by Crippen LogP contribution is -2.51. The summed E-state index contributed by atoms with van der Waals surface area (Å²) in [7, 11) is 0. The van der Waals surface area contributed by atoms with Crippen molar-refractivity contribution in [3.8, 4) is 0 Å². The van der Waals surface area contributed by atoms with Crippen molar-refractivity contribution < 1.29 is 19.7 Å². The summed E-state index contributed by atoms with van der Waals surface area (Å²) < 4.78 is 5.54. The van der Waals surface area contributed by atoms with Gasteiger partial charge in [-0.15, -0.1) is 0 Å². The molecule has 112 valence electrons. The highest BCUT2D eigenvalue weighted by Crippen LogP contribution is 2.38. The van der Waals surface area contributed by atoms with Gasteiger partial charge in [-0.25, -0.2) is 0 Å². The molecule has 0 amide bonds. The largest absolute Gasteiger partial charge is 0.455 e. The van der Waals surface area contributed by atoms with Crippen molar-refractivity contribution in [3.05, 3.63) is 0 Å². The van der Waals surface area contributed by atoms with E-state index in [2.05, 4.69) is 6.92 Å². The molecule has 5 nitrogen and oxygen atoms in total. The summed E-state index contributed by atoms with van der Waals surface area (Å²) in [4.78, 5) is 12.0. The quantitative estimate of drug-likeness (QED) is 0.521. The van der Waals surface area contributed by atoms with Crippen LogP contribution < -0.4 is 5.73 Å². The number of hydrogen-bond acceptors (Lipinski definition) is 5. The smallest absolute Gasteiger partial charge is 0.326 e. The molecule has 5 heteroatoms. The molecule has 1 saturated carbocycles. The highest BCUT2D eigenvalue weighted by Gasteiger charge is 2.43. The van der Waals surface area contributed by atoms with E-state index in [1.165, 1.54) is 6.92 Å². The molecule has 1 rings (SSSR count). The predicted octanol–water partition coefficient (Wildman–Crippen LogP) is 0.815. The maximum Gasteiger partial charge on any atom is 0.326 e. The molecule has 0 spiro atoms. The van der Waals surface area contributed by atoms with Gasteiger partial charge in [-0.3, -0.25) is 4.79 Å².